The number of nitrogens with one attached hydrogen (secondary N) is 1. The molecule has 0 spiro atoms. The molecule has 1 rings (SSSR count). The van der Waals surface area contributed by atoms with Crippen molar-refractivity contribution in [1.82, 2.24) is 5.32 Å². The first-order valence-electron chi connectivity index (χ1n) is 5.60. The highest BCUT2D eigenvalue weighted by Crippen LogP contribution is 2.26. The molecular formula is C12H20INS. The first kappa shape index (κ1) is 13.5. The minimum atomic E-state index is 0.553. The van der Waals surface area contributed by atoms with E-state index < -0.39 is 0 Å². The minimum absolute atomic E-state index is 0.553. The molecule has 0 aromatic carbocycles. The van der Waals surface area contributed by atoms with Crippen molar-refractivity contribution in [3.63, 3.8) is 0 Å². The second-order valence-electron chi connectivity index (χ2n) is 4.27. The molecule has 1 atom stereocenters. The molecule has 0 amide bonds. The van der Waals surface area contributed by atoms with Crippen molar-refractivity contribution < 1.29 is 0 Å². The van der Waals surface area contributed by atoms with E-state index >= 15 is 0 Å². The molecule has 3 heteroatoms. The van der Waals surface area contributed by atoms with Gasteiger partial charge in [-0.05, 0) is 64.9 Å². The normalized spacial score (nSPS) is 13.4. The Balaban J connectivity index is 2.57. The molecule has 0 saturated heterocycles. The summed E-state index contributed by atoms with van der Waals surface area (Å²) < 4.78 is 1.38. The van der Waals surface area contributed by atoms with Gasteiger partial charge in [-0.25, -0.2) is 0 Å². The molecule has 1 nitrogen and oxygen atoms in total. The summed E-state index contributed by atoms with van der Waals surface area (Å²) in [4.78, 5) is 0. The fourth-order valence-electron chi connectivity index (χ4n) is 1.64. The molecule has 1 aromatic heterocycles. The van der Waals surface area contributed by atoms with Crippen molar-refractivity contribution in [1.29, 1.82) is 0 Å². The number of rotatable bonds is 6. The van der Waals surface area contributed by atoms with Gasteiger partial charge in [-0.2, -0.15) is 0 Å². The summed E-state index contributed by atoms with van der Waals surface area (Å²) in [5.41, 5.74) is 1.46. The standard InChI is InChI=1S/C12H20INS/c1-4-14-11(6-5-9(2)3)10-7-12(13)15-8-10/h7-9,11,14H,4-6H2,1-3H3. The third-order valence-electron chi connectivity index (χ3n) is 2.47. The van der Waals surface area contributed by atoms with Crippen LogP contribution in [-0.2, 0) is 0 Å². The van der Waals surface area contributed by atoms with E-state index in [1.54, 1.807) is 0 Å². The summed E-state index contributed by atoms with van der Waals surface area (Å²) >= 11 is 4.23. The van der Waals surface area contributed by atoms with Crippen molar-refractivity contribution >= 4 is 33.9 Å². The summed E-state index contributed by atoms with van der Waals surface area (Å²) in [5, 5.41) is 5.86. The van der Waals surface area contributed by atoms with Gasteiger partial charge in [0.15, 0.2) is 0 Å². The van der Waals surface area contributed by atoms with Gasteiger partial charge < -0.3 is 5.32 Å². The van der Waals surface area contributed by atoms with Crippen LogP contribution in [0.3, 0.4) is 0 Å². The maximum Gasteiger partial charge on any atom is 0.0656 e. The number of hydrogen-bond donors (Lipinski definition) is 1. The average molecular weight is 337 g/mol. The zero-order valence-corrected chi connectivity index (χ0v) is 12.7. The largest absolute Gasteiger partial charge is 0.310 e. The molecule has 1 heterocycles. The van der Waals surface area contributed by atoms with Crippen LogP contribution in [0.5, 0.6) is 0 Å². The molecule has 86 valence electrons. The highest BCUT2D eigenvalue weighted by molar-refractivity contribution is 14.1. The zero-order valence-electron chi connectivity index (χ0n) is 9.72. The number of thiophene rings is 1. The molecular weight excluding hydrogens is 317 g/mol. The van der Waals surface area contributed by atoms with E-state index in [1.165, 1.54) is 21.3 Å². The SMILES string of the molecule is CCNC(CCC(C)C)c1csc(I)c1. The quantitative estimate of drug-likeness (QED) is 0.757. The van der Waals surface area contributed by atoms with Gasteiger partial charge in [0.2, 0.25) is 0 Å². The molecule has 0 bridgehead atoms. The molecule has 0 radical (unpaired) electrons. The van der Waals surface area contributed by atoms with Crippen molar-refractivity contribution in [2.75, 3.05) is 6.54 Å². The lowest BCUT2D eigenvalue weighted by molar-refractivity contribution is 0.449. The molecule has 0 aliphatic rings. The lowest BCUT2D eigenvalue weighted by Gasteiger charge is -2.17. The van der Waals surface area contributed by atoms with Crippen LogP contribution in [0.25, 0.3) is 0 Å². The van der Waals surface area contributed by atoms with Crippen LogP contribution in [0.1, 0.15) is 45.2 Å². The van der Waals surface area contributed by atoms with Crippen molar-refractivity contribution in [3.8, 4) is 0 Å². The summed E-state index contributed by atoms with van der Waals surface area (Å²) in [5.74, 6) is 0.795. The van der Waals surface area contributed by atoms with E-state index in [1.807, 2.05) is 11.3 Å². The maximum absolute atomic E-state index is 3.57. The Morgan fingerprint density at radius 1 is 1.40 bits per heavy atom. The van der Waals surface area contributed by atoms with Crippen LogP contribution < -0.4 is 5.32 Å². The van der Waals surface area contributed by atoms with Crippen molar-refractivity contribution in [2.45, 2.75) is 39.7 Å². The van der Waals surface area contributed by atoms with Gasteiger partial charge in [0.1, 0.15) is 0 Å². The van der Waals surface area contributed by atoms with E-state index in [9.17, 15) is 0 Å². The smallest absolute Gasteiger partial charge is 0.0656 e. The molecule has 0 fully saturated rings. The van der Waals surface area contributed by atoms with Gasteiger partial charge in [-0.1, -0.05) is 20.8 Å². The topological polar surface area (TPSA) is 12.0 Å². The van der Waals surface area contributed by atoms with Crippen molar-refractivity contribution in [3.05, 3.63) is 19.9 Å². The van der Waals surface area contributed by atoms with Crippen molar-refractivity contribution in [2.24, 2.45) is 5.92 Å². The molecule has 1 aromatic rings. The average Bonchev–Trinajstić information content (AvgIpc) is 2.59. The Morgan fingerprint density at radius 2 is 2.13 bits per heavy atom. The Morgan fingerprint density at radius 3 is 2.60 bits per heavy atom. The van der Waals surface area contributed by atoms with E-state index in [4.69, 9.17) is 0 Å². The Bertz CT molecular complexity index is 283. The lowest BCUT2D eigenvalue weighted by atomic mass is 9.99. The highest BCUT2D eigenvalue weighted by Gasteiger charge is 2.12. The van der Waals surface area contributed by atoms with Crippen LogP contribution in [0, 0.1) is 8.80 Å². The van der Waals surface area contributed by atoms with E-state index in [2.05, 4.69) is 60.1 Å². The summed E-state index contributed by atoms with van der Waals surface area (Å²) in [6.45, 7) is 7.82. The molecule has 1 unspecified atom stereocenters. The first-order valence-corrected chi connectivity index (χ1v) is 7.56. The van der Waals surface area contributed by atoms with Gasteiger partial charge in [-0.3, -0.25) is 0 Å². The van der Waals surface area contributed by atoms with Gasteiger partial charge >= 0.3 is 0 Å². The fraction of sp³-hybridized carbons (Fsp3) is 0.667. The van der Waals surface area contributed by atoms with Crippen LogP contribution in [0.15, 0.2) is 11.4 Å². The molecule has 0 aliphatic carbocycles. The van der Waals surface area contributed by atoms with Gasteiger partial charge in [0.05, 0.1) is 2.88 Å². The van der Waals surface area contributed by atoms with E-state index in [0.717, 1.165) is 12.5 Å². The Hall–Kier alpha value is 0.390. The van der Waals surface area contributed by atoms with E-state index in [-0.39, 0.29) is 0 Å². The molecule has 15 heavy (non-hydrogen) atoms. The Kier molecular flexibility index (Phi) is 6.16. The highest BCUT2D eigenvalue weighted by atomic mass is 127. The Labute approximate surface area is 111 Å². The van der Waals surface area contributed by atoms with Crippen LogP contribution in [0.4, 0.5) is 0 Å². The van der Waals surface area contributed by atoms with Crippen LogP contribution in [-0.4, -0.2) is 6.54 Å². The number of halogens is 1. The third-order valence-corrected chi connectivity index (χ3v) is 4.28. The minimum Gasteiger partial charge on any atom is -0.310 e. The summed E-state index contributed by atoms with van der Waals surface area (Å²) in [6, 6.07) is 2.86. The van der Waals surface area contributed by atoms with Crippen LogP contribution >= 0.6 is 33.9 Å². The van der Waals surface area contributed by atoms with Gasteiger partial charge in [0, 0.05) is 6.04 Å². The summed E-state index contributed by atoms with van der Waals surface area (Å²) in [7, 11) is 0. The lowest BCUT2D eigenvalue weighted by Crippen LogP contribution is -2.20. The van der Waals surface area contributed by atoms with Crippen LogP contribution in [0.2, 0.25) is 0 Å². The molecule has 0 aliphatic heterocycles. The summed E-state index contributed by atoms with van der Waals surface area (Å²) in [6.07, 6.45) is 2.54. The zero-order chi connectivity index (χ0) is 11.3. The second kappa shape index (κ2) is 6.86. The molecule has 1 N–H and O–H groups in total. The fourth-order valence-corrected chi connectivity index (χ4v) is 3.07. The first-order chi connectivity index (χ1) is 7.13. The monoisotopic (exact) mass is 337 g/mol. The molecule has 0 saturated carbocycles. The number of hydrogen-bond acceptors (Lipinski definition) is 2. The third kappa shape index (κ3) is 4.83. The second-order valence-corrected chi connectivity index (χ2v) is 7.07. The van der Waals surface area contributed by atoms with E-state index in [0.29, 0.717) is 6.04 Å². The van der Waals surface area contributed by atoms with Gasteiger partial charge in [-0.15, -0.1) is 11.3 Å². The predicted molar refractivity (Wildman–Crippen MR) is 77.5 cm³/mol. The maximum atomic E-state index is 3.57. The predicted octanol–water partition coefficient (Wildman–Crippen LogP) is 4.44. The van der Waals surface area contributed by atoms with Gasteiger partial charge in [0.25, 0.3) is 0 Å².